The third-order valence-corrected chi connectivity index (χ3v) is 2.84. The molecule has 0 bridgehead atoms. The average molecular weight is 297 g/mol. The monoisotopic (exact) mass is 297 g/mol. The number of rotatable bonds is 7. The minimum Gasteiger partial charge on any atom is -0.493 e. The van der Waals surface area contributed by atoms with Crippen LogP contribution in [0.2, 0.25) is 0 Å². The number of nitrogens with one attached hydrogen (secondary N) is 1. The fraction of sp³-hybridized carbons (Fsp3) is 0.429. The van der Waals surface area contributed by atoms with E-state index in [1.807, 2.05) is 0 Å². The summed E-state index contributed by atoms with van der Waals surface area (Å²) < 4.78 is 15.6. The quantitative estimate of drug-likeness (QED) is 0.774. The zero-order chi connectivity index (χ0) is 16.0. The van der Waals surface area contributed by atoms with Gasteiger partial charge in [0.05, 0.1) is 21.3 Å². The molecule has 0 unspecified atom stereocenters. The van der Waals surface area contributed by atoms with Gasteiger partial charge in [0.25, 0.3) is 0 Å². The number of ether oxygens (including phenoxy) is 3. The number of amides is 1. The lowest BCUT2D eigenvalue weighted by atomic mass is 10.0. The highest BCUT2D eigenvalue weighted by molar-refractivity contribution is 5.82. The van der Waals surface area contributed by atoms with E-state index >= 15 is 0 Å². The zero-order valence-electron chi connectivity index (χ0n) is 12.4. The second-order valence-corrected chi connectivity index (χ2v) is 4.33. The van der Waals surface area contributed by atoms with Gasteiger partial charge in [0, 0.05) is 13.3 Å². The lowest BCUT2D eigenvalue weighted by Crippen LogP contribution is -2.41. The molecule has 116 valence electrons. The molecule has 0 saturated heterocycles. The summed E-state index contributed by atoms with van der Waals surface area (Å²) >= 11 is 0. The van der Waals surface area contributed by atoms with Crippen LogP contribution in [0.5, 0.6) is 17.2 Å². The van der Waals surface area contributed by atoms with Crippen molar-refractivity contribution in [3.63, 3.8) is 0 Å². The first kappa shape index (κ1) is 16.6. The lowest BCUT2D eigenvalue weighted by Gasteiger charge is -2.17. The van der Waals surface area contributed by atoms with Gasteiger partial charge in [0.15, 0.2) is 11.5 Å². The highest BCUT2D eigenvalue weighted by Crippen LogP contribution is 2.38. The molecule has 1 rings (SSSR count). The predicted octanol–water partition coefficient (Wildman–Crippen LogP) is 0.844. The van der Waals surface area contributed by atoms with Gasteiger partial charge in [-0.3, -0.25) is 4.79 Å². The number of hydrogen-bond acceptors (Lipinski definition) is 5. The van der Waals surface area contributed by atoms with E-state index in [0.29, 0.717) is 22.8 Å². The average Bonchev–Trinajstić information content (AvgIpc) is 2.44. The standard InChI is InChI=1S/C14H19NO6/c1-8(16)15-10(14(17)18)5-9-6-11(19-2)13(21-4)12(7-9)20-3/h6-7,10H,5H2,1-4H3,(H,15,16)(H,17,18)/t10-/m0/s1. The Kier molecular flexibility index (Phi) is 5.83. The van der Waals surface area contributed by atoms with Crippen LogP contribution in [0, 0.1) is 0 Å². The minimum absolute atomic E-state index is 0.103. The summed E-state index contributed by atoms with van der Waals surface area (Å²) in [4.78, 5) is 22.2. The minimum atomic E-state index is -1.11. The third-order valence-electron chi connectivity index (χ3n) is 2.84. The van der Waals surface area contributed by atoms with Crippen LogP contribution >= 0.6 is 0 Å². The van der Waals surface area contributed by atoms with E-state index in [2.05, 4.69) is 5.32 Å². The smallest absolute Gasteiger partial charge is 0.326 e. The number of benzene rings is 1. The summed E-state index contributed by atoms with van der Waals surface area (Å²) in [5.74, 6) is -0.235. The van der Waals surface area contributed by atoms with E-state index in [0.717, 1.165) is 0 Å². The van der Waals surface area contributed by atoms with E-state index in [4.69, 9.17) is 19.3 Å². The van der Waals surface area contributed by atoms with Crippen LogP contribution in [-0.4, -0.2) is 44.4 Å². The topological polar surface area (TPSA) is 94.1 Å². The van der Waals surface area contributed by atoms with Crippen LogP contribution in [0.1, 0.15) is 12.5 Å². The highest BCUT2D eigenvalue weighted by atomic mass is 16.5. The van der Waals surface area contributed by atoms with Gasteiger partial charge in [-0.1, -0.05) is 0 Å². The Balaban J connectivity index is 3.12. The van der Waals surface area contributed by atoms with E-state index in [1.165, 1.54) is 28.3 Å². The fourth-order valence-corrected chi connectivity index (χ4v) is 1.93. The van der Waals surface area contributed by atoms with E-state index < -0.39 is 17.9 Å². The summed E-state index contributed by atoms with van der Waals surface area (Å²) in [6, 6.07) is 2.28. The molecule has 7 nitrogen and oxygen atoms in total. The summed E-state index contributed by atoms with van der Waals surface area (Å²) in [6.07, 6.45) is 0.103. The van der Waals surface area contributed by atoms with Crippen LogP contribution in [0.15, 0.2) is 12.1 Å². The van der Waals surface area contributed by atoms with Gasteiger partial charge < -0.3 is 24.6 Å². The first-order valence-corrected chi connectivity index (χ1v) is 6.21. The predicted molar refractivity (Wildman–Crippen MR) is 75.0 cm³/mol. The molecule has 0 saturated carbocycles. The molecule has 0 aromatic heterocycles. The van der Waals surface area contributed by atoms with E-state index in [1.54, 1.807) is 12.1 Å². The largest absolute Gasteiger partial charge is 0.493 e. The number of carbonyl (C=O) groups is 2. The first-order chi connectivity index (χ1) is 9.92. The molecule has 0 spiro atoms. The number of carboxylic acid groups (broad SMARTS) is 1. The van der Waals surface area contributed by atoms with Crippen molar-refractivity contribution in [1.82, 2.24) is 5.32 Å². The molecule has 0 aliphatic heterocycles. The summed E-state index contributed by atoms with van der Waals surface area (Å²) in [7, 11) is 4.44. The third kappa shape index (κ3) is 4.27. The molecule has 2 N–H and O–H groups in total. The van der Waals surface area contributed by atoms with Crippen LogP contribution in [0.3, 0.4) is 0 Å². The number of hydrogen-bond donors (Lipinski definition) is 2. The van der Waals surface area contributed by atoms with Gasteiger partial charge in [-0.25, -0.2) is 4.79 Å². The molecule has 1 amide bonds. The van der Waals surface area contributed by atoms with Crippen molar-refractivity contribution in [2.45, 2.75) is 19.4 Å². The van der Waals surface area contributed by atoms with Crippen molar-refractivity contribution in [3.8, 4) is 17.2 Å². The van der Waals surface area contributed by atoms with Crippen LogP contribution < -0.4 is 19.5 Å². The Labute approximate surface area is 122 Å². The van der Waals surface area contributed by atoms with Crippen molar-refractivity contribution < 1.29 is 28.9 Å². The molecular formula is C14H19NO6. The van der Waals surface area contributed by atoms with Crippen molar-refractivity contribution >= 4 is 11.9 Å². The number of carboxylic acids is 1. The fourth-order valence-electron chi connectivity index (χ4n) is 1.93. The second-order valence-electron chi connectivity index (χ2n) is 4.33. The maximum atomic E-state index is 11.2. The Bertz CT molecular complexity index is 503. The van der Waals surface area contributed by atoms with Gasteiger partial charge in [-0.05, 0) is 17.7 Å². The molecule has 1 aromatic rings. The Morgan fingerprint density at radius 2 is 1.67 bits per heavy atom. The van der Waals surface area contributed by atoms with Crippen molar-refractivity contribution in [2.75, 3.05) is 21.3 Å². The van der Waals surface area contributed by atoms with Crippen LogP contribution in [-0.2, 0) is 16.0 Å². The molecule has 7 heteroatoms. The number of aliphatic carboxylic acids is 1. The maximum Gasteiger partial charge on any atom is 0.326 e. The molecule has 21 heavy (non-hydrogen) atoms. The molecule has 1 atom stereocenters. The summed E-state index contributed by atoms with van der Waals surface area (Å²) in [6.45, 7) is 1.27. The summed E-state index contributed by atoms with van der Waals surface area (Å²) in [5, 5.41) is 11.5. The Morgan fingerprint density at radius 1 is 1.14 bits per heavy atom. The van der Waals surface area contributed by atoms with Gasteiger partial charge >= 0.3 is 5.97 Å². The van der Waals surface area contributed by atoms with Gasteiger partial charge in [-0.15, -0.1) is 0 Å². The van der Waals surface area contributed by atoms with Gasteiger partial charge in [0.1, 0.15) is 6.04 Å². The first-order valence-electron chi connectivity index (χ1n) is 6.21. The highest BCUT2D eigenvalue weighted by Gasteiger charge is 2.21. The van der Waals surface area contributed by atoms with Crippen LogP contribution in [0.25, 0.3) is 0 Å². The van der Waals surface area contributed by atoms with Crippen molar-refractivity contribution in [2.24, 2.45) is 0 Å². The van der Waals surface area contributed by atoms with Crippen molar-refractivity contribution in [3.05, 3.63) is 17.7 Å². The number of methoxy groups -OCH3 is 3. The lowest BCUT2D eigenvalue weighted by molar-refractivity contribution is -0.141. The molecule has 0 radical (unpaired) electrons. The molecular weight excluding hydrogens is 278 g/mol. The maximum absolute atomic E-state index is 11.2. The molecule has 0 aliphatic rings. The zero-order valence-corrected chi connectivity index (χ0v) is 12.4. The van der Waals surface area contributed by atoms with E-state index in [-0.39, 0.29) is 6.42 Å². The van der Waals surface area contributed by atoms with E-state index in [9.17, 15) is 9.59 Å². The van der Waals surface area contributed by atoms with Gasteiger partial charge in [-0.2, -0.15) is 0 Å². The SMILES string of the molecule is COc1cc(C[C@H](NC(C)=O)C(=O)O)cc(OC)c1OC. The Morgan fingerprint density at radius 3 is 2.00 bits per heavy atom. The molecule has 0 fully saturated rings. The molecule has 1 aromatic carbocycles. The second kappa shape index (κ2) is 7.37. The number of carbonyl (C=O) groups excluding carboxylic acids is 1. The molecule has 0 heterocycles. The van der Waals surface area contributed by atoms with Crippen LogP contribution in [0.4, 0.5) is 0 Å². The van der Waals surface area contributed by atoms with Crippen molar-refractivity contribution in [1.29, 1.82) is 0 Å². The Hall–Kier alpha value is -2.44. The normalized spacial score (nSPS) is 11.4. The van der Waals surface area contributed by atoms with Gasteiger partial charge in [0.2, 0.25) is 11.7 Å². The summed E-state index contributed by atoms with van der Waals surface area (Å²) in [5.41, 5.74) is 0.644. The molecule has 0 aliphatic carbocycles.